The first-order chi connectivity index (χ1) is 56.3. The van der Waals surface area contributed by atoms with Crippen LogP contribution in [0.15, 0.2) is 418 Å². The van der Waals surface area contributed by atoms with Crippen LogP contribution in [0.2, 0.25) is 0 Å². The van der Waals surface area contributed by atoms with Gasteiger partial charge >= 0.3 is 0 Å². The van der Waals surface area contributed by atoms with E-state index in [4.69, 9.17) is 11.3 Å². The van der Waals surface area contributed by atoms with E-state index in [1.165, 1.54) is 143 Å². The normalized spacial score (nSPS) is 13.1. The highest BCUT2D eigenvalue weighted by Crippen LogP contribution is 2.49. The lowest BCUT2D eigenvalue weighted by Crippen LogP contribution is -2.59. The van der Waals surface area contributed by atoms with E-state index in [0.29, 0.717) is 0 Å². The van der Waals surface area contributed by atoms with Crippen LogP contribution < -0.4 is 46.8 Å². The number of rotatable bonds is 12. The molecule has 4 aliphatic rings. The quantitative estimate of drug-likeness (QED) is 0.113. The average Bonchev–Trinajstić information content (AvgIpc) is 0.705. The predicted octanol–water partition coefficient (Wildman–Crippen LogP) is 25.9. The Bertz CT molecular complexity index is 7050. The molecule has 0 fully saturated rings. The van der Waals surface area contributed by atoms with Gasteiger partial charge < -0.3 is 19.4 Å². The Balaban J connectivity index is 0.545. The first-order valence-electron chi connectivity index (χ1n) is 39.6. The summed E-state index contributed by atoms with van der Waals surface area (Å²) in [7, 11) is 0. The van der Waals surface area contributed by atoms with Crippen molar-refractivity contribution >= 4 is 129 Å². The molecule has 0 aromatic heterocycles. The first-order valence-corrected chi connectivity index (χ1v) is 39.6. The molecule has 18 aromatic carbocycles. The molecule has 0 spiro atoms. The van der Waals surface area contributed by atoms with Crippen LogP contribution in [0.3, 0.4) is 0 Å². The summed E-state index contributed by atoms with van der Waals surface area (Å²) in [5.41, 5.74) is 35.4. The molecule has 0 radical (unpaired) electrons. The number of benzene rings is 18. The van der Waals surface area contributed by atoms with Crippen molar-refractivity contribution in [1.82, 2.24) is 0 Å². The fourth-order valence-electron chi connectivity index (χ4n) is 19.2. The third kappa shape index (κ3) is 10.7. The zero-order valence-electron chi connectivity index (χ0n) is 63.1. The van der Waals surface area contributed by atoms with E-state index in [-0.39, 0.29) is 13.4 Å². The highest BCUT2D eigenvalue weighted by Gasteiger charge is 2.45. The van der Waals surface area contributed by atoms with Gasteiger partial charge in [0.2, 0.25) is 0 Å². The average molecular weight is 1450 g/mol. The summed E-state index contributed by atoms with van der Waals surface area (Å²) in [4.78, 5) is 7.37. The molecule has 114 heavy (non-hydrogen) atoms. The molecule has 0 aliphatic carbocycles. The summed E-state index contributed by atoms with van der Waals surface area (Å²) >= 11 is 0. The standard InChI is InChI=1S/C108H73B2N3O/c1-4-23-100-106(69(2)3)110-96-35-18-20-37-99(96)111(101-38-21-39-102(107(101)110)113(100)82-58-52-76(53-59-82)87-63-61-84(72-26-9-6-10-27-72)90-29-12-14-32-93(87)90)80-54-48-74(49-55-80)88-65-64-85(91-30-15-16-33-94(88)91)73-44-42-70(43-45-73)77-46-47-78-67-97-105(68-79(78)66-77)114-104-41-22-40-103-108(104)109(97)95-34-17-19-36-98(95)112(103)81-56-50-75(51-57-81)86-62-60-83(71-24-7-5-8-25-71)89-28-11-13-31-92(86)89/h4-68H,2H2,1,3H3/b23-4-. The van der Waals surface area contributed by atoms with Crippen molar-refractivity contribution in [2.75, 3.05) is 14.7 Å². The molecule has 0 saturated carbocycles. The van der Waals surface area contributed by atoms with E-state index in [0.717, 1.165) is 79.0 Å². The van der Waals surface area contributed by atoms with Crippen LogP contribution in [0.25, 0.3) is 121 Å². The van der Waals surface area contributed by atoms with Gasteiger partial charge in [0.05, 0.1) is 0 Å². The number of hydrogen-bond acceptors (Lipinski definition) is 4. The van der Waals surface area contributed by atoms with Crippen LogP contribution in [-0.4, -0.2) is 13.4 Å². The second kappa shape index (κ2) is 26.9. The summed E-state index contributed by atoms with van der Waals surface area (Å²) in [6.45, 7) is 8.98. The minimum absolute atomic E-state index is 0.0117. The van der Waals surface area contributed by atoms with Crippen molar-refractivity contribution in [3.63, 3.8) is 0 Å². The number of allylic oxidation sites excluding steroid dienone is 4. The summed E-state index contributed by atoms with van der Waals surface area (Å²) in [6.07, 6.45) is 4.45. The Kier molecular flexibility index (Phi) is 15.7. The number of para-hydroxylation sites is 2. The van der Waals surface area contributed by atoms with Crippen molar-refractivity contribution in [1.29, 1.82) is 0 Å². The van der Waals surface area contributed by atoms with Crippen LogP contribution in [-0.2, 0) is 0 Å². The summed E-state index contributed by atoms with van der Waals surface area (Å²) < 4.78 is 7.06. The lowest BCUT2D eigenvalue weighted by molar-refractivity contribution is 0.488. The van der Waals surface area contributed by atoms with Crippen molar-refractivity contribution in [2.45, 2.75) is 13.8 Å². The smallest absolute Gasteiger partial charge is 0.256 e. The Labute approximate surface area is 665 Å². The van der Waals surface area contributed by atoms with E-state index in [9.17, 15) is 0 Å². The fraction of sp³-hybridized carbons (Fsp3) is 0.0185. The lowest BCUT2D eigenvalue weighted by Gasteiger charge is -2.44. The number of anilines is 8. The summed E-state index contributed by atoms with van der Waals surface area (Å²) in [6, 6.07) is 141. The van der Waals surface area contributed by atoms with Gasteiger partial charge in [0.25, 0.3) is 13.4 Å². The molecule has 0 amide bonds. The first kappa shape index (κ1) is 66.5. The molecular weight excluding hydrogens is 1380 g/mol. The van der Waals surface area contributed by atoms with E-state index in [1.807, 2.05) is 0 Å². The maximum Gasteiger partial charge on any atom is 0.256 e. The van der Waals surface area contributed by atoms with Crippen LogP contribution in [0.5, 0.6) is 11.5 Å². The molecule has 0 bridgehead atoms. The van der Waals surface area contributed by atoms with Crippen molar-refractivity contribution in [2.24, 2.45) is 0 Å². The van der Waals surface area contributed by atoms with E-state index in [1.54, 1.807) is 0 Å². The Morgan fingerprint density at radius 1 is 0.281 bits per heavy atom. The lowest BCUT2D eigenvalue weighted by atomic mass is 9.32. The molecule has 6 heteroatoms. The number of nitrogens with zero attached hydrogens (tertiary/aromatic N) is 3. The summed E-state index contributed by atoms with van der Waals surface area (Å²) in [5, 5.41) is 9.71. The third-order valence-electron chi connectivity index (χ3n) is 24.3. The molecule has 532 valence electrons. The van der Waals surface area contributed by atoms with Crippen LogP contribution in [0, 0.1) is 0 Å². The largest absolute Gasteiger partial charge is 0.458 e. The molecule has 0 saturated heterocycles. The monoisotopic (exact) mass is 1450 g/mol. The predicted molar refractivity (Wildman–Crippen MR) is 485 cm³/mol. The Hall–Kier alpha value is -14.5. The van der Waals surface area contributed by atoms with Gasteiger partial charge in [-0.3, -0.25) is 0 Å². The number of ether oxygens (including phenoxy) is 1. The molecule has 0 unspecified atom stereocenters. The SMILES string of the molecule is C=C(C)C1=C(/C=C\C)N(c2ccc(-c3ccc(-c4ccccc4)c4ccccc34)cc2)c2cccc3c2B1c1ccccc1N3c1ccc(-c2ccc(-c3ccc(-c4ccc5cc6c(cc5c4)Oc4cccc5c4B6c4ccccc4N5c4ccc(-c5ccc(-c6ccccc6)c6ccccc56)cc4)cc3)c3ccccc23)cc1. The maximum absolute atomic E-state index is 7.06. The molecule has 0 N–H and O–H groups in total. The topological polar surface area (TPSA) is 19.0 Å². The molecule has 4 heterocycles. The van der Waals surface area contributed by atoms with Gasteiger partial charge in [-0.15, -0.1) is 0 Å². The zero-order chi connectivity index (χ0) is 75.6. The van der Waals surface area contributed by atoms with Gasteiger partial charge in [0, 0.05) is 51.2 Å². The van der Waals surface area contributed by atoms with E-state index >= 15 is 0 Å². The molecule has 4 nitrogen and oxygen atoms in total. The van der Waals surface area contributed by atoms with Gasteiger partial charge in [-0.1, -0.05) is 315 Å². The fourth-order valence-corrected chi connectivity index (χ4v) is 19.2. The number of fused-ring (bicyclic) bond motifs is 10. The number of hydrogen-bond donors (Lipinski definition) is 0. The van der Waals surface area contributed by atoms with Gasteiger partial charge in [-0.25, -0.2) is 0 Å². The van der Waals surface area contributed by atoms with Crippen molar-refractivity contribution in [3.8, 4) is 89.4 Å². The third-order valence-corrected chi connectivity index (χ3v) is 24.3. The Morgan fingerprint density at radius 2 is 0.640 bits per heavy atom. The molecule has 0 atom stereocenters. The minimum Gasteiger partial charge on any atom is -0.458 e. The molecule has 18 aromatic rings. The highest BCUT2D eigenvalue weighted by molar-refractivity contribution is 6.99. The molecule has 4 aliphatic heterocycles. The van der Waals surface area contributed by atoms with Gasteiger partial charge in [-0.2, -0.15) is 0 Å². The van der Waals surface area contributed by atoms with E-state index in [2.05, 4.69) is 423 Å². The van der Waals surface area contributed by atoms with Gasteiger partial charge in [0.1, 0.15) is 11.5 Å². The van der Waals surface area contributed by atoms with Crippen molar-refractivity contribution < 1.29 is 4.74 Å². The second-order valence-electron chi connectivity index (χ2n) is 30.6. The van der Waals surface area contributed by atoms with Crippen molar-refractivity contribution in [3.05, 3.63) is 418 Å². The van der Waals surface area contributed by atoms with Crippen LogP contribution in [0.4, 0.5) is 45.5 Å². The summed E-state index contributed by atoms with van der Waals surface area (Å²) in [5.74, 6) is 1.79. The molecule has 22 rings (SSSR count). The second-order valence-corrected chi connectivity index (χ2v) is 30.6. The maximum atomic E-state index is 7.06. The highest BCUT2D eigenvalue weighted by atomic mass is 16.5. The minimum atomic E-state index is -0.0383. The Morgan fingerprint density at radius 3 is 1.10 bits per heavy atom. The molecular formula is C108H73B2N3O. The van der Waals surface area contributed by atoms with Crippen LogP contribution >= 0.6 is 0 Å². The van der Waals surface area contributed by atoms with E-state index < -0.39 is 0 Å². The van der Waals surface area contributed by atoms with Gasteiger partial charge in [0.15, 0.2) is 0 Å². The van der Waals surface area contributed by atoms with Gasteiger partial charge in [-0.05, 0) is 259 Å². The zero-order valence-corrected chi connectivity index (χ0v) is 63.1. The van der Waals surface area contributed by atoms with Crippen LogP contribution in [0.1, 0.15) is 13.8 Å².